The fourth-order valence-electron chi connectivity index (χ4n) is 3.52. The predicted molar refractivity (Wildman–Crippen MR) is 115 cm³/mol. The Morgan fingerprint density at radius 2 is 1.82 bits per heavy atom. The molecule has 2 aromatic heterocycles. The van der Waals surface area contributed by atoms with Crippen LogP contribution >= 0.6 is 0 Å². The molecule has 2 heterocycles. The average Bonchev–Trinajstić information content (AvgIpc) is 3.36. The molecule has 0 spiro atoms. The van der Waals surface area contributed by atoms with Crippen molar-refractivity contribution in [3.63, 3.8) is 0 Å². The molecule has 7 nitrogen and oxygen atoms in total. The van der Waals surface area contributed by atoms with Gasteiger partial charge in [0.1, 0.15) is 11.4 Å². The second kappa shape index (κ2) is 8.61. The largest absolute Gasteiger partial charge is 0.482 e. The molecule has 4 aromatic rings. The third-order valence-corrected chi connectivity index (χ3v) is 5.11. The molecule has 33 heavy (non-hydrogen) atoms. The van der Waals surface area contributed by atoms with Gasteiger partial charge in [-0.1, -0.05) is 13.8 Å². The second-order valence-corrected chi connectivity index (χ2v) is 7.87. The number of rotatable bonds is 7. The number of carbonyl (C=O) groups is 1. The molecule has 4 rings (SSSR count). The van der Waals surface area contributed by atoms with Crippen molar-refractivity contribution in [1.29, 1.82) is 0 Å². The van der Waals surface area contributed by atoms with Gasteiger partial charge >= 0.3 is 12.1 Å². The van der Waals surface area contributed by atoms with Crippen LogP contribution in [0.4, 0.5) is 13.2 Å². The SMILES string of the molecule is CC(C)c1nn(-c2ccc(C(F)(F)F)cc2)nc1Cn1ccc2cc(OCC(=O)O)ccc21. The van der Waals surface area contributed by atoms with Gasteiger partial charge in [-0.15, -0.1) is 0 Å². The molecule has 0 aliphatic rings. The van der Waals surface area contributed by atoms with Crippen LogP contribution in [0.1, 0.15) is 36.7 Å². The molecule has 0 aliphatic heterocycles. The fourth-order valence-corrected chi connectivity index (χ4v) is 3.52. The highest BCUT2D eigenvalue weighted by Crippen LogP contribution is 2.30. The summed E-state index contributed by atoms with van der Waals surface area (Å²) < 4.78 is 45.8. The first-order valence-electron chi connectivity index (χ1n) is 10.2. The van der Waals surface area contributed by atoms with Gasteiger partial charge in [0.2, 0.25) is 0 Å². The van der Waals surface area contributed by atoms with Gasteiger partial charge in [-0.3, -0.25) is 0 Å². The van der Waals surface area contributed by atoms with Gasteiger partial charge in [0.15, 0.2) is 6.61 Å². The van der Waals surface area contributed by atoms with E-state index in [9.17, 15) is 18.0 Å². The molecule has 1 N–H and O–H groups in total. The number of carboxylic acids is 1. The van der Waals surface area contributed by atoms with Crippen LogP contribution in [-0.4, -0.2) is 37.2 Å². The molecule has 0 fully saturated rings. The summed E-state index contributed by atoms with van der Waals surface area (Å²) in [5.74, 6) is -0.537. The molecule has 0 unspecified atom stereocenters. The number of aliphatic carboxylic acids is 1. The number of alkyl halides is 3. The van der Waals surface area contributed by atoms with E-state index in [1.54, 1.807) is 12.1 Å². The summed E-state index contributed by atoms with van der Waals surface area (Å²) in [6, 6.07) is 11.9. The van der Waals surface area contributed by atoms with E-state index in [0.29, 0.717) is 23.7 Å². The van der Waals surface area contributed by atoms with E-state index in [1.807, 2.05) is 36.7 Å². The van der Waals surface area contributed by atoms with Gasteiger partial charge in [0, 0.05) is 17.1 Å². The number of fused-ring (bicyclic) bond motifs is 1. The first kappa shape index (κ1) is 22.4. The van der Waals surface area contributed by atoms with E-state index in [1.165, 1.54) is 16.9 Å². The number of nitrogens with zero attached hydrogens (tertiary/aromatic N) is 4. The van der Waals surface area contributed by atoms with Crippen LogP contribution < -0.4 is 4.74 Å². The van der Waals surface area contributed by atoms with Crippen LogP contribution in [0.15, 0.2) is 54.7 Å². The molecule has 0 saturated heterocycles. The van der Waals surface area contributed by atoms with Crippen molar-refractivity contribution >= 4 is 16.9 Å². The zero-order valence-corrected chi connectivity index (χ0v) is 17.9. The Balaban J connectivity index is 1.62. The molecule has 0 amide bonds. The van der Waals surface area contributed by atoms with Crippen LogP contribution in [0.3, 0.4) is 0 Å². The van der Waals surface area contributed by atoms with E-state index in [-0.39, 0.29) is 5.92 Å². The highest BCUT2D eigenvalue weighted by molar-refractivity contribution is 5.82. The Labute approximate surface area is 187 Å². The molecule has 172 valence electrons. The van der Waals surface area contributed by atoms with Crippen molar-refractivity contribution < 1.29 is 27.8 Å². The Morgan fingerprint density at radius 3 is 2.45 bits per heavy atom. The van der Waals surface area contributed by atoms with Crippen molar-refractivity contribution in [1.82, 2.24) is 19.6 Å². The highest BCUT2D eigenvalue weighted by atomic mass is 19.4. The van der Waals surface area contributed by atoms with E-state index in [0.717, 1.165) is 28.7 Å². The van der Waals surface area contributed by atoms with Gasteiger partial charge < -0.3 is 14.4 Å². The predicted octanol–water partition coefficient (Wildman–Crippen LogP) is 4.88. The molecule has 0 atom stereocenters. The van der Waals surface area contributed by atoms with Crippen molar-refractivity contribution in [3.8, 4) is 11.4 Å². The Morgan fingerprint density at radius 1 is 1.09 bits per heavy atom. The number of carboxylic acid groups (broad SMARTS) is 1. The minimum Gasteiger partial charge on any atom is -0.482 e. The Kier molecular flexibility index (Phi) is 5.84. The van der Waals surface area contributed by atoms with Crippen molar-refractivity contribution in [2.75, 3.05) is 6.61 Å². The standard InChI is InChI=1S/C23H21F3N4O3/c1-14(2)22-19(27-30(28-22)17-5-3-16(4-6-17)23(24,25)26)12-29-10-9-15-11-18(7-8-20(15)29)33-13-21(31)32/h3-11,14H,12-13H2,1-2H3,(H,31,32). The monoisotopic (exact) mass is 458 g/mol. The second-order valence-electron chi connectivity index (χ2n) is 7.87. The lowest BCUT2D eigenvalue weighted by Crippen LogP contribution is -2.09. The van der Waals surface area contributed by atoms with Crippen LogP contribution in [0.5, 0.6) is 5.75 Å². The highest BCUT2D eigenvalue weighted by Gasteiger charge is 2.30. The Bertz CT molecular complexity index is 1290. The average molecular weight is 458 g/mol. The molecule has 0 saturated carbocycles. The molecule has 0 radical (unpaired) electrons. The van der Waals surface area contributed by atoms with Gasteiger partial charge in [0.05, 0.1) is 23.5 Å². The zero-order valence-electron chi connectivity index (χ0n) is 17.9. The number of aromatic nitrogens is 4. The molecule has 10 heteroatoms. The quantitative estimate of drug-likeness (QED) is 0.427. The summed E-state index contributed by atoms with van der Waals surface area (Å²) in [7, 11) is 0. The maximum Gasteiger partial charge on any atom is 0.416 e. The summed E-state index contributed by atoms with van der Waals surface area (Å²) >= 11 is 0. The van der Waals surface area contributed by atoms with Crippen LogP contribution in [0.2, 0.25) is 0 Å². The fraction of sp³-hybridized carbons (Fsp3) is 0.261. The zero-order chi connectivity index (χ0) is 23.8. The maximum absolute atomic E-state index is 12.9. The lowest BCUT2D eigenvalue weighted by molar-refractivity contribution is -0.139. The van der Waals surface area contributed by atoms with Crippen molar-refractivity contribution in [2.45, 2.75) is 32.5 Å². The third kappa shape index (κ3) is 4.84. The summed E-state index contributed by atoms with van der Waals surface area (Å²) in [6.07, 6.45) is -2.52. The van der Waals surface area contributed by atoms with E-state index in [2.05, 4.69) is 10.2 Å². The molecular weight excluding hydrogens is 437 g/mol. The van der Waals surface area contributed by atoms with Crippen LogP contribution in [0, 0.1) is 0 Å². The Hall–Kier alpha value is -3.82. The smallest absolute Gasteiger partial charge is 0.416 e. The topological polar surface area (TPSA) is 82.2 Å². The molecule has 2 aromatic carbocycles. The first-order valence-corrected chi connectivity index (χ1v) is 10.2. The normalized spacial score (nSPS) is 11.9. The summed E-state index contributed by atoms with van der Waals surface area (Å²) in [6.45, 7) is 3.94. The molecular formula is C23H21F3N4O3. The van der Waals surface area contributed by atoms with Gasteiger partial charge in [-0.2, -0.15) is 28.2 Å². The van der Waals surface area contributed by atoms with Gasteiger partial charge in [-0.25, -0.2) is 4.79 Å². The van der Waals surface area contributed by atoms with Crippen LogP contribution in [0.25, 0.3) is 16.6 Å². The van der Waals surface area contributed by atoms with Gasteiger partial charge in [-0.05, 0) is 54.4 Å². The number of hydrogen-bond acceptors (Lipinski definition) is 4. The lowest BCUT2D eigenvalue weighted by Gasteiger charge is -2.07. The maximum atomic E-state index is 12.9. The number of ether oxygens (including phenoxy) is 1. The first-order chi connectivity index (χ1) is 15.6. The molecule has 0 bridgehead atoms. The summed E-state index contributed by atoms with van der Waals surface area (Å²) in [4.78, 5) is 12.1. The number of benzene rings is 2. The van der Waals surface area contributed by atoms with Crippen molar-refractivity contribution in [3.05, 3.63) is 71.7 Å². The number of halogens is 3. The van der Waals surface area contributed by atoms with E-state index >= 15 is 0 Å². The van der Waals surface area contributed by atoms with Crippen LogP contribution in [-0.2, 0) is 17.5 Å². The lowest BCUT2D eigenvalue weighted by atomic mass is 10.1. The third-order valence-electron chi connectivity index (χ3n) is 5.11. The van der Waals surface area contributed by atoms with E-state index < -0.39 is 24.3 Å². The van der Waals surface area contributed by atoms with Crippen molar-refractivity contribution in [2.24, 2.45) is 0 Å². The minimum atomic E-state index is -4.40. The summed E-state index contributed by atoms with van der Waals surface area (Å²) in [5, 5.41) is 18.7. The van der Waals surface area contributed by atoms with Gasteiger partial charge in [0.25, 0.3) is 0 Å². The molecule has 0 aliphatic carbocycles. The number of hydrogen-bond donors (Lipinski definition) is 1. The summed E-state index contributed by atoms with van der Waals surface area (Å²) in [5.41, 5.74) is 2.06. The minimum absolute atomic E-state index is 0.0565. The van der Waals surface area contributed by atoms with E-state index in [4.69, 9.17) is 9.84 Å².